The molecule has 1 fully saturated rings. The van der Waals surface area contributed by atoms with Crippen molar-refractivity contribution in [3.63, 3.8) is 0 Å². The molecule has 0 unspecified atom stereocenters. The maximum Gasteiger partial charge on any atom is 0.408 e. The van der Waals surface area contributed by atoms with Crippen molar-refractivity contribution >= 4 is 30.2 Å². The average molecular weight is 611 g/mol. The quantitative estimate of drug-likeness (QED) is 0.108. The molecule has 1 amide bonds. The molecule has 14 heteroatoms. The number of rotatable bonds is 11. The summed E-state index contributed by atoms with van der Waals surface area (Å²) in [6.07, 6.45) is -4.74. The van der Waals surface area contributed by atoms with Crippen LogP contribution in [0.1, 0.15) is 51.6 Å². The summed E-state index contributed by atoms with van der Waals surface area (Å²) in [6, 6.07) is 12.5. The number of aliphatic hydroxyl groups is 1. The highest BCUT2D eigenvalue weighted by atomic mass is 16.6. The number of aliphatic hydroxyl groups excluding tert-OH is 1. The van der Waals surface area contributed by atoms with Crippen LogP contribution in [0.5, 0.6) is 0 Å². The number of H-pyrrole nitrogens is 1. The van der Waals surface area contributed by atoms with Crippen molar-refractivity contribution in [2.45, 2.75) is 76.6 Å². The third kappa shape index (κ3) is 8.21. The molecule has 0 aliphatic carbocycles. The van der Waals surface area contributed by atoms with Crippen LogP contribution in [0.4, 0.5) is 4.79 Å². The third-order valence-corrected chi connectivity index (χ3v) is 6.61. The zero-order valence-corrected chi connectivity index (χ0v) is 25.2. The molecule has 1 aliphatic rings. The fraction of sp³-hybridized carbons (Fsp3) is 0.467. The van der Waals surface area contributed by atoms with Crippen molar-refractivity contribution < 1.29 is 38.4 Å². The van der Waals surface area contributed by atoms with Crippen LogP contribution in [0.3, 0.4) is 0 Å². The first kappa shape index (κ1) is 33.8. The molecule has 1 aromatic carbocycles. The van der Waals surface area contributed by atoms with Gasteiger partial charge in [-0.1, -0.05) is 44.2 Å². The summed E-state index contributed by atoms with van der Waals surface area (Å²) in [6.45, 7) is 7.89. The number of amidine groups is 1. The van der Waals surface area contributed by atoms with E-state index in [2.05, 4.69) is 15.3 Å². The highest BCUT2D eigenvalue weighted by Crippen LogP contribution is 2.41. The van der Waals surface area contributed by atoms with Gasteiger partial charge in [0.15, 0.2) is 6.10 Å². The Hall–Kier alpha value is -4.74. The van der Waals surface area contributed by atoms with Gasteiger partial charge in [0.1, 0.15) is 48.7 Å². The van der Waals surface area contributed by atoms with E-state index in [0.29, 0.717) is 5.56 Å². The molecule has 236 valence electrons. The minimum Gasteiger partial charge on any atom is -0.463 e. The van der Waals surface area contributed by atoms with E-state index in [4.69, 9.17) is 30.1 Å². The fourth-order valence-corrected chi connectivity index (χ4v) is 4.48. The summed E-state index contributed by atoms with van der Waals surface area (Å²) in [7, 11) is 0. The first-order valence-corrected chi connectivity index (χ1v) is 13.9. The number of esters is 2. The second-order valence-electron chi connectivity index (χ2n) is 11.5. The summed E-state index contributed by atoms with van der Waals surface area (Å²) in [4.78, 5) is 45.0. The molecule has 3 rings (SSSR count). The van der Waals surface area contributed by atoms with Crippen LogP contribution in [-0.2, 0) is 40.6 Å². The lowest BCUT2D eigenvalue weighted by Crippen LogP contribution is -2.50. The molecule has 1 saturated heterocycles. The van der Waals surface area contributed by atoms with Crippen LogP contribution in [-0.4, -0.2) is 76.9 Å². The van der Waals surface area contributed by atoms with Gasteiger partial charge in [0.25, 0.3) is 0 Å². The van der Waals surface area contributed by atoms with Gasteiger partial charge in [-0.25, -0.2) is 14.6 Å². The number of hydrogen-bond acceptors (Lipinski definition) is 10. The number of aromatic amines is 1. The Kier molecular flexibility index (Phi) is 10.9. The van der Waals surface area contributed by atoms with E-state index in [1.807, 2.05) is 12.1 Å². The predicted molar refractivity (Wildman–Crippen MR) is 157 cm³/mol. The number of nitrogens with one attached hydrogen (secondary N) is 3. The smallest absolute Gasteiger partial charge is 0.408 e. The largest absolute Gasteiger partial charge is 0.463 e. The Labute approximate surface area is 255 Å². The summed E-state index contributed by atoms with van der Waals surface area (Å²) in [5.74, 6) is -2.06. The summed E-state index contributed by atoms with van der Waals surface area (Å²) >= 11 is 0. The van der Waals surface area contributed by atoms with Crippen molar-refractivity contribution in [2.75, 3.05) is 6.61 Å². The minimum atomic E-state index is -2.11. The Morgan fingerprint density at radius 1 is 1.25 bits per heavy atom. The van der Waals surface area contributed by atoms with Crippen LogP contribution in [0, 0.1) is 22.7 Å². The second kappa shape index (κ2) is 14.2. The third-order valence-electron chi connectivity index (χ3n) is 6.61. The van der Waals surface area contributed by atoms with Gasteiger partial charge in [-0.3, -0.25) is 10.2 Å². The Morgan fingerprint density at radius 2 is 1.93 bits per heavy atom. The summed E-state index contributed by atoms with van der Waals surface area (Å²) < 4.78 is 22.4. The SMILES string of the molecule is CC(C)[C@H](NC(=O)OC(C)(C)C)C(=O)O[C@H]1[C@@H](O)[C@](C#N)(c2ccc(/C(N)=N\C=N)[nH]2)O[C@@H]1COC(=O)Cc1ccccc1. The van der Waals surface area contributed by atoms with Gasteiger partial charge < -0.3 is 40.1 Å². The number of aliphatic imine (C=N–C) groups is 1. The van der Waals surface area contributed by atoms with Gasteiger partial charge in [-0.2, -0.15) is 5.26 Å². The second-order valence-corrected chi connectivity index (χ2v) is 11.5. The topological polar surface area (TPSA) is 222 Å². The number of ether oxygens (including phenoxy) is 4. The van der Waals surface area contributed by atoms with Crippen molar-refractivity contribution in [3.8, 4) is 6.07 Å². The monoisotopic (exact) mass is 610 g/mol. The maximum atomic E-state index is 13.4. The number of nitrogens with two attached hydrogens (primary N) is 1. The molecule has 0 spiro atoms. The molecule has 5 atom stereocenters. The average Bonchev–Trinajstić information content (AvgIpc) is 3.54. The Morgan fingerprint density at radius 3 is 2.52 bits per heavy atom. The number of nitriles is 1. The van der Waals surface area contributed by atoms with Crippen LogP contribution in [0.2, 0.25) is 0 Å². The number of amides is 1. The lowest BCUT2D eigenvalue weighted by atomic mass is 9.92. The zero-order chi connectivity index (χ0) is 32.7. The minimum absolute atomic E-state index is 0.0508. The predicted octanol–water partition coefficient (Wildman–Crippen LogP) is 2.05. The number of benzene rings is 1. The lowest BCUT2D eigenvalue weighted by Gasteiger charge is -2.28. The molecule has 1 aliphatic heterocycles. The molecule has 0 radical (unpaired) electrons. The van der Waals surface area contributed by atoms with E-state index >= 15 is 0 Å². The van der Waals surface area contributed by atoms with Crippen LogP contribution >= 0.6 is 0 Å². The molecule has 0 bridgehead atoms. The lowest BCUT2D eigenvalue weighted by molar-refractivity contribution is -0.163. The number of carbonyl (C=O) groups excluding carboxylic acids is 3. The van der Waals surface area contributed by atoms with Gasteiger partial charge in [0, 0.05) is 0 Å². The molecule has 6 N–H and O–H groups in total. The molecule has 2 aromatic rings. The van der Waals surface area contributed by atoms with Gasteiger partial charge in [0.05, 0.1) is 17.8 Å². The zero-order valence-electron chi connectivity index (χ0n) is 25.2. The number of carbonyl (C=O) groups is 3. The van der Waals surface area contributed by atoms with Gasteiger partial charge in [-0.05, 0) is 44.4 Å². The van der Waals surface area contributed by atoms with Crippen LogP contribution < -0.4 is 11.1 Å². The first-order valence-electron chi connectivity index (χ1n) is 13.9. The van der Waals surface area contributed by atoms with E-state index in [9.17, 15) is 24.8 Å². The van der Waals surface area contributed by atoms with Gasteiger partial charge >= 0.3 is 18.0 Å². The molecule has 44 heavy (non-hydrogen) atoms. The van der Waals surface area contributed by atoms with Crippen LogP contribution in [0.25, 0.3) is 0 Å². The molecular weight excluding hydrogens is 572 g/mol. The summed E-state index contributed by atoms with van der Waals surface area (Å²) in [5, 5.41) is 31.4. The van der Waals surface area contributed by atoms with E-state index in [1.165, 1.54) is 12.1 Å². The molecule has 0 saturated carbocycles. The molecule has 2 heterocycles. The molecule has 1 aromatic heterocycles. The number of hydrogen-bond donors (Lipinski definition) is 5. The normalized spacial score (nSPS) is 22.5. The standard InChI is InChI=1S/C30H38N6O8/c1-17(2)23(36-28(40)44-29(3,4)5)27(39)42-24-20(14-41-22(37)13-18-9-7-6-8-10-18)43-30(15-31,25(24)38)21-12-11-19(35-21)26(33)34-16-32/h6-12,16-17,20,23-25,35,38H,13-14H2,1-5H3,(H,36,40)(H3,32,33,34)/t20-,23+,24-,25-,30+/m1/s1. The Balaban J connectivity index is 1.89. The van der Waals surface area contributed by atoms with Crippen molar-refractivity contribution in [1.29, 1.82) is 10.7 Å². The highest BCUT2D eigenvalue weighted by Gasteiger charge is 2.59. The van der Waals surface area contributed by atoms with Crippen LogP contribution in [0.15, 0.2) is 47.5 Å². The van der Waals surface area contributed by atoms with Crippen molar-refractivity contribution in [3.05, 3.63) is 59.4 Å². The van der Waals surface area contributed by atoms with E-state index in [1.54, 1.807) is 58.9 Å². The fourth-order valence-electron chi connectivity index (χ4n) is 4.48. The summed E-state index contributed by atoms with van der Waals surface area (Å²) in [5.41, 5.74) is 3.91. The molecular formula is C30H38N6O8. The van der Waals surface area contributed by atoms with Crippen molar-refractivity contribution in [2.24, 2.45) is 16.6 Å². The Bertz CT molecular complexity index is 1410. The number of nitrogens with zero attached hydrogens (tertiary/aromatic N) is 2. The van der Waals surface area contributed by atoms with E-state index in [-0.39, 0.29) is 23.6 Å². The first-order chi connectivity index (χ1) is 20.7. The highest BCUT2D eigenvalue weighted by molar-refractivity contribution is 5.99. The van der Waals surface area contributed by atoms with Gasteiger partial charge in [0.2, 0.25) is 5.60 Å². The van der Waals surface area contributed by atoms with E-state index < -0.39 is 66.1 Å². The maximum absolute atomic E-state index is 13.4. The number of alkyl carbamates (subject to hydrolysis) is 1. The van der Waals surface area contributed by atoms with Crippen molar-refractivity contribution in [1.82, 2.24) is 10.3 Å². The van der Waals surface area contributed by atoms with Gasteiger partial charge in [-0.15, -0.1) is 0 Å². The van der Waals surface area contributed by atoms with E-state index in [0.717, 1.165) is 6.34 Å². The number of aromatic nitrogens is 1. The molecule has 14 nitrogen and oxygen atoms in total.